The van der Waals surface area contributed by atoms with Crippen LogP contribution < -0.4 is 5.32 Å². The molecule has 108 valence electrons. The fourth-order valence-corrected chi connectivity index (χ4v) is 2.34. The summed E-state index contributed by atoms with van der Waals surface area (Å²) in [5.41, 5.74) is 2.19. The van der Waals surface area contributed by atoms with Crippen molar-refractivity contribution in [3.05, 3.63) is 45.4 Å². The van der Waals surface area contributed by atoms with Crippen LogP contribution in [0, 0.1) is 0 Å². The van der Waals surface area contributed by atoms with Gasteiger partial charge in [-0.15, -0.1) is 11.3 Å². The van der Waals surface area contributed by atoms with Crippen molar-refractivity contribution < 1.29 is 18.3 Å². The van der Waals surface area contributed by atoms with Gasteiger partial charge in [-0.2, -0.15) is 13.2 Å². The third-order valence-electron chi connectivity index (χ3n) is 2.56. The molecule has 0 fully saturated rings. The van der Waals surface area contributed by atoms with Crippen LogP contribution >= 0.6 is 22.9 Å². The molecular formula is C12H10ClF3N2OS. The SMILES string of the molecule is OC(c1ccc(Cl)cc1NCc1cscn1)C(F)(F)F. The second-order valence-electron chi connectivity index (χ2n) is 4.01. The summed E-state index contributed by atoms with van der Waals surface area (Å²) in [6.45, 7) is 0.251. The van der Waals surface area contributed by atoms with Gasteiger partial charge in [0.1, 0.15) is 0 Å². The third kappa shape index (κ3) is 3.62. The molecule has 2 rings (SSSR count). The monoisotopic (exact) mass is 322 g/mol. The number of rotatable bonds is 4. The van der Waals surface area contributed by atoms with Crippen LogP contribution in [-0.2, 0) is 6.54 Å². The van der Waals surface area contributed by atoms with Gasteiger partial charge in [0.15, 0.2) is 6.10 Å². The van der Waals surface area contributed by atoms with Crippen molar-refractivity contribution in [3.8, 4) is 0 Å². The zero-order chi connectivity index (χ0) is 14.8. The molecule has 0 bridgehead atoms. The molecule has 1 unspecified atom stereocenters. The first-order valence-electron chi connectivity index (χ1n) is 5.53. The van der Waals surface area contributed by atoms with Crippen LogP contribution in [0.4, 0.5) is 18.9 Å². The molecule has 0 amide bonds. The minimum absolute atomic E-state index is 0.135. The maximum atomic E-state index is 12.6. The molecular weight excluding hydrogens is 313 g/mol. The van der Waals surface area contributed by atoms with Crippen molar-refractivity contribution in [3.63, 3.8) is 0 Å². The van der Waals surface area contributed by atoms with Crippen LogP contribution in [0.2, 0.25) is 5.02 Å². The van der Waals surface area contributed by atoms with Gasteiger partial charge in [-0.3, -0.25) is 0 Å². The topological polar surface area (TPSA) is 45.1 Å². The van der Waals surface area contributed by atoms with Gasteiger partial charge in [0.25, 0.3) is 0 Å². The highest BCUT2D eigenvalue weighted by molar-refractivity contribution is 7.07. The molecule has 0 radical (unpaired) electrons. The lowest BCUT2D eigenvalue weighted by Gasteiger charge is -2.19. The number of hydrogen-bond acceptors (Lipinski definition) is 4. The maximum absolute atomic E-state index is 12.6. The smallest absolute Gasteiger partial charge is 0.379 e. The quantitative estimate of drug-likeness (QED) is 0.894. The Morgan fingerprint density at radius 2 is 2.15 bits per heavy atom. The molecule has 0 aliphatic carbocycles. The normalized spacial score (nSPS) is 13.2. The average molecular weight is 323 g/mol. The van der Waals surface area contributed by atoms with Gasteiger partial charge >= 0.3 is 6.18 Å². The maximum Gasteiger partial charge on any atom is 0.418 e. The Kier molecular flexibility index (Phi) is 4.52. The van der Waals surface area contributed by atoms with Crippen molar-refractivity contribution in [1.29, 1.82) is 0 Å². The average Bonchev–Trinajstić information content (AvgIpc) is 2.87. The number of halogens is 4. The van der Waals surface area contributed by atoms with Gasteiger partial charge in [-0.1, -0.05) is 17.7 Å². The van der Waals surface area contributed by atoms with Gasteiger partial charge in [-0.05, 0) is 12.1 Å². The lowest BCUT2D eigenvalue weighted by Crippen LogP contribution is -2.21. The number of thiazole rings is 1. The Morgan fingerprint density at radius 3 is 2.75 bits per heavy atom. The Balaban J connectivity index is 2.24. The second-order valence-corrected chi connectivity index (χ2v) is 5.16. The Hall–Kier alpha value is -1.31. The number of hydrogen-bond donors (Lipinski definition) is 2. The van der Waals surface area contributed by atoms with Crippen LogP contribution in [-0.4, -0.2) is 16.3 Å². The summed E-state index contributed by atoms with van der Waals surface area (Å²) in [7, 11) is 0. The summed E-state index contributed by atoms with van der Waals surface area (Å²) in [5.74, 6) is 0. The number of aliphatic hydroxyl groups excluding tert-OH is 1. The summed E-state index contributed by atoms with van der Waals surface area (Å²) in [5, 5.41) is 14.2. The van der Waals surface area contributed by atoms with Crippen molar-refractivity contribution >= 4 is 28.6 Å². The molecule has 1 aromatic carbocycles. The van der Waals surface area contributed by atoms with E-state index in [9.17, 15) is 18.3 Å². The van der Waals surface area contributed by atoms with Crippen molar-refractivity contribution in [2.24, 2.45) is 0 Å². The molecule has 1 atom stereocenters. The van der Waals surface area contributed by atoms with Gasteiger partial charge in [0.2, 0.25) is 0 Å². The van der Waals surface area contributed by atoms with Gasteiger partial charge in [0.05, 0.1) is 17.7 Å². The number of nitrogens with one attached hydrogen (secondary N) is 1. The minimum atomic E-state index is -4.73. The molecule has 3 nitrogen and oxygen atoms in total. The van der Waals surface area contributed by atoms with Crippen LogP contribution in [0.3, 0.4) is 0 Å². The first-order valence-corrected chi connectivity index (χ1v) is 6.85. The Morgan fingerprint density at radius 1 is 1.40 bits per heavy atom. The van der Waals surface area contributed by atoms with Crippen molar-refractivity contribution in [2.75, 3.05) is 5.32 Å². The van der Waals surface area contributed by atoms with Crippen LogP contribution in [0.5, 0.6) is 0 Å². The van der Waals surface area contributed by atoms with Crippen LogP contribution in [0.15, 0.2) is 29.1 Å². The van der Waals surface area contributed by atoms with Crippen LogP contribution in [0.1, 0.15) is 17.4 Å². The van der Waals surface area contributed by atoms with Crippen molar-refractivity contribution in [1.82, 2.24) is 4.98 Å². The van der Waals surface area contributed by atoms with E-state index in [1.54, 1.807) is 10.9 Å². The van der Waals surface area contributed by atoms with Crippen LogP contribution in [0.25, 0.3) is 0 Å². The second kappa shape index (κ2) is 5.99. The zero-order valence-corrected chi connectivity index (χ0v) is 11.6. The summed E-state index contributed by atoms with van der Waals surface area (Å²) >= 11 is 7.17. The molecule has 0 aliphatic rings. The van der Waals surface area contributed by atoms with Gasteiger partial charge in [-0.25, -0.2) is 4.98 Å². The van der Waals surface area contributed by atoms with E-state index in [-0.39, 0.29) is 22.8 Å². The summed E-state index contributed by atoms with van der Waals surface area (Å²) in [4.78, 5) is 4.02. The fraction of sp³-hybridized carbons (Fsp3) is 0.250. The highest BCUT2D eigenvalue weighted by atomic mass is 35.5. The summed E-state index contributed by atoms with van der Waals surface area (Å²) in [6.07, 6.45) is -7.29. The Bertz CT molecular complexity index is 575. The number of benzene rings is 1. The molecule has 2 aromatic rings. The minimum Gasteiger partial charge on any atom is -0.379 e. The molecule has 0 saturated carbocycles. The van der Waals surface area contributed by atoms with E-state index in [2.05, 4.69) is 10.3 Å². The highest BCUT2D eigenvalue weighted by Crippen LogP contribution is 2.37. The van der Waals surface area contributed by atoms with Gasteiger partial charge in [0, 0.05) is 21.7 Å². The highest BCUT2D eigenvalue weighted by Gasteiger charge is 2.40. The molecule has 8 heteroatoms. The molecule has 0 spiro atoms. The molecule has 1 heterocycles. The van der Waals surface area contributed by atoms with E-state index in [1.165, 1.54) is 23.5 Å². The number of anilines is 1. The number of nitrogens with zero attached hydrogens (tertiary/aromatic N) is 1. The number of aromatic nitrogens is 1. The predicted octanol–water partition coefficient (Wildman–Crippen LogP) is 4.00. The van der Waals surface area contributed by atoms with E-state index in [1.807, 2.05) is 0 Å². The largest absolute Gasteiger partial charge is 0.418 e. The molecule has 0 aliphatic heterocycles. The van der Waals surface area contributed by atoms with E-state index in [4.69, 9.17) is 11.6 Å². The predicted molar refractivity (Wildman–Crippen MR) is 71.9 cm³/mol. The first kappa shape index (κ1) is 15.1. The molecule has 0 saturated heterocycles. The van der Waals surface area contributed by atoms with Crippen molar-refractivity contribution in [2.45, 2.75) is 18.8 Å². The first-order chi connectivity index (χ1) is 9.38. The van der Waals surface area contributed by atoms with E-state index in [0.717, 1.165) is 6.07 Å². The van der Waals surface area contributed by atoms with E-state index >= 15 is 0 Å². The molecule has 2 N–H and O–H groups in total. The molecule has 1 aromatic heterocycles. The Labute approximate surface area is 122 Å². The number of aliphatic hydroxyl groups is 1. The standard InChI is InChI=1S/C12H10ClF3N2OS/c13-7-1-2-9(11(19)12(14,15)16)10(3-7)17-4-8-5-20-6-18-8/h1-3,5-6,11,17,19H,4H2. The van der Waals surface area contributed by atoms with E-state index in [0.29, 0.717) is 5.69 Å². The van der Waals surface area contributed by atoms with Gasteiger partial charge < -0.3 is 10.4 Å². The summed E-state index contributed by atoms with van der Waals surface area (Å²) < 4.78 is 37.8. The fourth-order valence-electron chi connectivity index (χ4n) is 1.61. The lowest BCUT2D eigenvalue weighted by molar-refractivity contribution is -0.206. The lowest BCUT2D eigenvalue weighted by atomic mass is 10.1. The van der Waals surface area contributed by atoms with E-state index < -0.39 is 12.3 Å². The number of alkyl halides is 3. The third-order valence-corrected chi connectivity index (χ3v) is 3.43. The summed E-state index contributed by atoms with van der Waals surface area (Å²) in [6, 6.07) is 3.81. The zero-order valence-electron chi connectivity index (χ0n) is 9.99. The molecule has 20 heavy (non-hydrogen) atoms.